The van der Waals surface area contributed by atoms with Crippen molar-refractivity contribution in [3.05, 3.63) is 54.1 Å². The van der Waals surface area contributed by atoms with Crippen molar-refractivity contribution in [1.82, 2.24) is 14.9 Å². The highest BCUT2D eigenvalue weighted by Gasteiger charge is 2.12. The van der Waals surface area contributed by atoms with Crippen LogP contribution in [0.1, 0.15) is 30.9 Å². The van der Waals surface area contributed by atoms with Crippen molar-refractivity contribution in [2.24, 2.45) is 5.73 Å². The van der Waals surface area contributed by atoms with Gasteiger partial charge in [0.1, 0.15) is 0 Å². The smallest absolute Gasteiger partial charge is 0.237 e. The summed E-state index contributed by atoms with van der Waals surface area (Å²) in [5, 5.41) is 2.91. The highest BCUT2D eigenvalue weighted by Crippen LogP contribution is 2.10. The zero-order valence-electron chi connectivity index (χ0n) is 12.7. The zero-order valence-corrected chi connectivity index (χ0v) is 13.6. The van der Waals surface area contributed by atoms with E-state index < -0.39 is 6.04 Å². The molecule has 0 spiro atoms. The monoisotopic (exact) mass is 322 g/mol. The van der Waals surface area contributed by atoms with Crippen LogP contribution in [0.5, 0.6) is 0 Å². The molecule has 0 aliphatic heterocycles. The Balaban J connectivity index is 0.00000242. The van der Waals surface area contributed by atoms with Crippen LogP contribution in [0, 0.1) is 0 Å². The molecular weight excluding hydrogens is 300 g/mol. The standard InChI is InChI=1S/C16H22N4O.ClH/c1-2-5-15(17)16(21)19-10-13-6-3-4-7-14(13)11-20-9-8-18-12-20;/h3-4,6-9,12,15H,2,5,10-11,17H2,1H3,(H,19,21);1H. The number of nitrogens with zero attached hydrogens (tertiary/aromatic N) is 2. The molecule has 22 heavy (non-hydrogen) atoms. The highest BCUT2D eigenvalue weighted by molar-refractivity contribution is 5.85. The molecule has 0 saturated heterocycles. The Morgan fingerprint density at radius 3 is 2.73 bits per heavy atom. The molecular formula is C16H23ClN4O. The van der Waals surface area contributed by atoms with Crippen LogP contribution >= 0.6 is 12.4 Å². The molecule has 0 fully saturated rings. The molecule has 0 bridgehead atoms. The molecule has 3 N–H and O–H groups in total. The summed E-state index contributed by atoms with van der Waals surface area (Å²) < 4.78 is 2.00. The molecule has 0 aliphatic carbocycles. The summed E-state index contributed by atoms with van der Waals surface area (Å²) in [7, 11) is 0. The number of imidazole rings is 1. The number of aromatic nitrogens is 2. The van der Waals surface area contributed by atoms with E-state index in [4.69, 9.17) is 5.73 Å². The third-order valence-corrected chi connectivity index (χ3v) is 3.42. The Morgan fingerprint density at radius 2 is 2.09 bits per heavy atom. The minimum atomic E-state index is -0.421. The Morgan fingerprint density at radius 1 is 1.36 bits per heavy atom. The van der Waals surface area contributed by atoms with Crippen molar-refractivity contribution in [2.75, 3.05) is 0 Å². The van der Waals surface area contributed by atoms with E-state index in [2.05, 4.69) is 16.4 Å². The number of carbonyl (C=O) groups excluding carboxylic acids is 1. The largest absolute Gasteiger partial charge is 0.351 e. The van der Waals surface area contributed by atoms with Crippen molar-refractivity contribution < 1.29 is 4.79 Å². The number of rotatable bonds is 7. The van der Waals surface area contributed by atoms with Gasteiger partial charge >= 0.3 is 0 Å². The van der Waals surface area contributed by atoms with E-state index in [1.165, 1.54) is 5.56 Å². The predicted molar refractivity (Wildman–Crippen MR) is 89.7 cm³/mol. The maximum atomic E-state index is 11.9. The second-order valence-corrected chi connectivity index (χ2v) is 5.12. The van der Waals surface area contributed by atoms with E-state index in [-0.39, 0.29) is 18.3 Å². The third-order valence-electron chi connectivity index (χ3n) is 3.42. The molecule has 120 valence electrons. The van der Waals surface area contributed by atoms with E-state index in [0.717, 1.165) is 18.5 Å². The quantitative estimate of drug-likeness (QED) is 0.820. The molecule has 6 heteroatoms. The van der Waals surface area contributed by atoms with Crippen LogP contribution < -0.4 is 11.1 Å². The number of amides is 1. The number of halogens is 1. The number of hydrogen-bond donors (Lipinski definition) is 2. The third kappa shape index (κ3) is 5.16. The Hall–Kier alpha value is -1.85. The molecule has 5 nitrogen and oxygen atoms in total. The van der Waals surface area contributed by atoms with Crippen LogP contribution in [-0.2, 0) is 17.9 Å². The molecule has 1 aromatic heterocycles. The zero-order chi connectivity index (χ0) is 15.1. The van der Waals surface area contributed by atoms with Crippen molar-refractivity contribution >= 4 is 18.3 Å². The Bertz CT molecular complexity index is 571. The normalized spacial score (nSPS) is 11.5. The minimum absolute atomic E-state index is 0. The lowest BCUT2D eigenvalue weighted by Gasteiger charge is -2.14. The molecule has 1 aromatic carbocycles. The average Bonchev–Trinajstić information content (AvgIpc) is 2.99. The fraction of sp³-hybridized carbons (Fsp3) is 0.375. The van der Waals surface area contributed by atoms with Gasteiger partial charge < -0.3 is 15.6 Å². The summed E-state index contributed by atoms with van der Waals surface area (Å²) in [5.74, 6) is -0.0886. The number of hydrogen-bond acceptors (Lipinski definition) is 3. The molecule has 1 heterocycles. The van der Waals surface area contributed by atoms with Crippen LogP contribution in [0.4, 0.5) is 0 Å². The molecule has 2 rings (SSSR count). The average molecular weight is 323 g/mol. The molecule has 1 unspecified atom stereocenters. The van der Waals surface area contributed by atoms with Gasteiger partial charge in [-0.25, -0.2) is 4.98 Å². The first-order valence-corrected chi connectivity index (χ1v) is 7.26. The van der Waals surface area contributed by atoms with Gasteiger partial charge in [0, 0.05) is 25.5 Å². The van der Waals surface area contributed by atoms with Crippen LogP contribution in [0.2, 0.25) is 0 Å². The van der Waals surface area contributed by atoms with Crippen LogP contribution in [0.15, 0.2) is 43.0 Å². The van der Waals surface area contributed by atoms with Gasteiger partial charge in [0.25, 0.3) is 0 Å². The Kier molecular flexibility index (Phi) is 7.63. The number of benzene rings is 1. The lowest BCUT2D eigenvalue weighted by molar-refractivity contribution is -0.122. The van der Waals surface area contributed by atoms with Gasteiger partial charge in [0.15, 0.2) is 0 Å². The molecule has 0 radical (unpaired) electrons. The van der Waals surface area contributed by atoms with Crippen LogP contribution in [0.3, 0.4) is 0 Å². The van der Waals surface area contributed by atoms with Gasteiger partial charge in [0.2, 0.25) is 5.91 Å². The molecule has 2 aromatic rings. The first kappa shape index (κ1) is 18.2. The summed E-state index contributed by atoms with van der Waals surface area (Å²) in [6.07, 6.45) is 7.08. The summed E-state index contributed by atoms with van der Waals surface area (Å²) >= 11 is 0. The van der Waals surface area contributed by atoms with Gasteiger partial charge in [-0.05, 0) is 17.5 Å². The molecule has 0 saturated carbocycles. The SMILES string of the molecule is CCCC(N)C(=O)NCc1ccccc1Cn1ccnc1.Cl. The van der Waals surface area contributed by atoms with E-state index >= 15 is 0 Å². The van der Waals surface area contributed by atoms with Gasteiger partial charge in [-0.15, -0.1) is 12.4 Å². The fourth-order valence-corrected chi connectivity index (χ4v) is 2.22. The number of carbonyl (C=O) groups is 1. The van der Waals surface area contributed by atoms with E-state index in [1.54, 1.807) is 12.5 Å². The van der Waals surface area contributed by atoms with E-state index in [1.807, 2.05) is 35.9 Å². The Labute approximate surface area is 137 Å². The summed E-state index contributed by atoms with van der Waals surface area (Å²) in [6.45, 7) is 3.27. The van der Waals surface area contributed by atoms with E-state index in [9.17, 15) is 4.79 Å². The van der Waals surface area contributed by atoms with Gasteiger partial charge in [-0.2, -0.15) is 0 Å². The number of nitrogens with one attached hydrogen (secondary N) is 1. The lowest BCUT2D eigenvalue weighted by atomic mass is 10.1. The second kappa shape index (κ2) is 9.23. The topological polar surface area (TPSA) is 72.9 Å². The number of nitrogens with two attached hydrogens (primary N) is 1. The summed E-state index contributed by atoms with van der Waals surface area (Å²) in [4.78, 5) is 15.9. The van der Waals surface area contributed by atoms with Crippen molar-refractivity contribution in [3.63, 3.8) is 0 Å². The van der Waals surface area contributed by atoms with Crippen molar-refractivity contribution in [1.29, 1.82) is 0 Å². The summed E-state index contributed by atoms with van der Waals surface area (Å²) in [5.41, 5.74) is 8.08. The predicted octanol–water partition coefficient (Wildman–Crippen LogP) is 2.10. The van der Waals surface area contributed by atoms with Crippen molar-refractivity contribution in [2.45, 2.75) is 38.9 Å². The lowest BCUT2D eigenvalue weighted by Crippen LogP contribution is -2.40. The molecule has 0 aliphatic rings. The molecule has 1 atom stereocenters. The molecule has 1 amide bonds. The fourth-order valence-electron chi connectivity index (χ4n) is 2.22. The van der Waals surface area contributed by atoms with Crippen molar-refractivity contribution in [3.8, 4) is 0 Å². The van der Waals surface area contributed by atoms with Gasteiger partial charge in [-0.1, -0.05) is 37.6 Å². The van der Waals surface area contributed by atoms with Crippen LogP contribution in [0.25, 0.3) is 0 Å². The van der Waals surface area contributed by atoms with E-state index in [0.29, 0.717) is 13.0 Å². The first-order chi connectivity index (χ1) is 10.2. The van der Waals surface area contributed by atoms with Crippen LogP contribution in [-0.4, -0.2) is 21.5 Å². The maximum Gasteiger partial charge on any atom is 0.237 e. The van der Waals surface area contributed by atoms with Gasteiger partial charge in [-0.3, -0.25) is 4.79 Å². The van der Waals surface area contributed by atoms with Gasteiger partial charge in [0.05, 0.1) is 12.4 Å². The summed E-state index contributed by atoms with van der Waals surface area (Å²) in [6, 6.07) is 7.65. The minimum Gasteiger partial charge on any atom is -0.351 e. The maximum absolute atomic E-state index is 11.9. The second-order valence-electron chi connectivity index (χ2n) is 5.12. The first-order valence-electron chi connectivity index (χ1n) is 7.26. The highest BCUT2D eigenvalue weighted by atomic mass is 35.5.